The number of ether oxygens (including phenoxy) is 1. The van der Waals surface area contributed by atoms with Gasteiger partial charge in [0.25, 0.3) is 0 Å². The molecular formula is C10H12FLiO3. The van der Waals surface area contributed by atoms with Crippen LogP contribution in [0, 0.1) is 12.7 Å². The summed E-state index contributed by atoms with van der Waals surface area (Å²) >= 11 is 0. The molecule has 0 unspecified atom stereocenters. The Bertz CT molecular complexity index is 275. The van der Waals surface area contributed by atoms with Gasteiger partial charge in [0.2, 0.25) is 0 Å². The standard InChI is InChI=1S/C8H7FO3.C2H5.Li/c9-6-1-3-7(4-2-6)12-5-8(10)11;1-2;/h1-4H,5H2,(H,10,11);1H2,2H3;/q;-1;+1. The molecule has 1 N–H and O–H groups in total. The first-order valence-corrected chi connectivity index (χ1v) is 3.99. The second-order valence-corrected chi connectivity index (χ2v) is 2.14. The van der Waals surface area contributed by atoms with Crippen molar-refractivity contribution in [2.24, 2.45) is 0 Å². The third kappa shape index (κ3) is 8.04. The summed E-state index contributed by atoms with van der Waals surface area (Å²) in [6.07, 6.45) is 0. The van der Waals surface area contributed by atoms with E-state index in [-0.39, 0.29) is 24.7 Å². The van der Waals surface area contributed by atoms with E-state index in [4.69, 9.17) is 9.84 Å². The van der Waals surface area contributed by atoms with Crippen molar-refractivity contribution in [2.45, 2.75) is 6.92 Å². The molecule has 78 valence electrons. The Morgan fingerprint density at radius 1 is 1.40 bits per heavy atom. The van der Waals surface area contributed by atoms with Crippen molar-refractivity contribution in [3.63, 3.8) is 0 Å². The third-order valence-corrected chi connectivity index (χ3v) is 1.18. The average Bonchev–Trinajstić information content (AvgIpc) is 2.20. The van der Waals surface area contributed by atoms with E-state index in [0.717, 1.165) is 0 Å². The van der Waals surface area contributed by atoms with Gasteiger partial charge in [0, 0.05) is 0 Å². The zero-order valence-electron chi connectivity index (χ0n) is 8.87. The molecule has 3 nitrogen and oxygen atoms in total. The predicted molar refractivity (Wildman–Crippen MR) is 50.6 cm³/mol. The second kappa shape index (κ2) is 9.57. The Hall–Kier alpha value is -0.983. The van der Waals surface area contributed by atoms with E-state index in [2.05, 4.69) is 6.92 Å². The van der Waals surface area contributed by atoms with Crippen LogP contribution < -0.4 is 23.6 Å². The normalized spacial score (nSPS) is 7.93. The number of halogens is 1. The van der Waals surface area contributed by atoms with Gasteiger partial charge in [0.05, 0.1) is 0 Å². The first kappa shape index (κ1) is 16.4. The van der Waals surface area contributed by atoms with Crippen LogP contribution in [0.1, 0.15) is 6.92 Å². The Morgan fingerprint density at radius 2 is 1.87 bits per heavy atom. The molecule has 0 amide bonds. The number of rotatable bonds is 3. The minimum atomic E-state index is -1.06. The molecule has 1 rings (SSSR count). The van der Waals surface area contributed by atoms with Crippen LogP contribution in [0.3, 0.4) is 0 Å². The predicted octanol–water partition coefficient (Wildman–Crippen LogP) is -0.867. The molecule has 0 fully saturated rings. The van der Waals surface area contributed by atoms with Crippen LogP contribution in [0.15, 0.2) is 24.3 Å². The maximum Gasteiger partial charge on any atom is 1.00 e. The molecular weight excluding hydrogens is 194 g/mol. The number of hydrogen-bond acceptors (Lipinski definition) is 2. The van der Waals surface area contributed by atoms with Gasteiger partial charge in [-0.05, 0) is 24.3 Å². The van der Waals surface area contributed by atoms with Gasteiger partial charge in [-0.2, -0.15) is 6.92 Å². The summed E-state index contributed by atoms with van der Waals surface area (Å²) in [5.41, 5.74) is 0. The summed E-state index contributed by atoms with van der Waals surface area (Å²) in [6, 6.07) is 5.16. The summed E-state index contributed by atoms with van der Waals surface area (Å²) in [6.45, 7) is 4.59. The molecule has 0 aromatic heterocycles. The van der Waals surface area contributed by atoms with E-state index in [9.17, 15) is 9.18 Å². The molecule has 0 radical (unpaired) electrons. The third-order valence-electron chi connectivity index (χ3n) is 1.18. The van der Waals surface area contributed by atoms with Crippen LogP contribution in [-0.2, 0) is 4.79 Å². The van der Waals surface area contributed by atoms with Gasteiger partial charge in [-0.15, -0.1) is 0 Å². The van der Waals surface area contributed by atoms with Gasteiger partial charge in [-0.25, -0.2) is 9.18 Å². The van der Waals surface area contributed by atoms with Crippen LogP contribution in [0.4, 0.5) is 4.39 Å². The summed E-state index contributed by atoms with van der Waals surface area (Å²) in [4.78, 5) is 10.0. The Kier molecular flexibility index (Phi) is 10.5. The number of carboxylic acids is 1. The molecule has 1 aromatic carbocycles. The minimum Gasteiger partial charge on any atom is -0.482 e. The Balaban J connectivity index is 0. The Labute approximate surface area is 100 Å². The van der Waals surface area contributed by atoms with Gasteiger partial charge < -0.3 is 16.8 Å². The first-order chi connectivity index (χ1) is 6.68. The summed E-state index contributed by atoms with van der Waals surface area (Å²) in [7, 11) is 0. The molecule has 0 bridgehead atoms. The van der Waals surface area contributed by atoms with Crippen LogP contribution >= 0.6 is 0 Å². The van der Waals surface area contributed by atoms with Crippen LogP contribution in [0.25, 0.3) is 0 Å². The molecule has 0 aliphatic rings. The molecule has 0 aliphatic carbocycles. The molecule has 0 saturated carbocycles. The monoisotopic (exact) mass is 206 g/mol. The average molecular weight is 206 g/mol. The van der Waals surface area contributed by atoms with E-state index in [0.29, 0.717) is 5.75 Å². The molecule has 15 heavy (non-hydrogen) atoms. The van der Waals surface area contributed by atoms with Crippen molar-refractivity contribution in [3.05, 3.63) is 37.0 Å². The van der Waals surface area contributed by atoms with Gasteiger partial charge in [-0.1, -0.05) is 0 Å². The number of carbonyl (C=O) groups is 1. The smallest absolute Gasteiger partial charge is 0.482 e. The molecule has 0 spiro atoms. The quantitative estimate of drug-likeness (QED) is 0.516. The van der Waals surface area contributed by atoms with Gasteiger partial charge in [0.15, 0.2) is 6.61 Å². The minimum absolute atomic E-state index is 0. The van der Waals surface area contributed by atoms with E-state index in [1.807, 2.05) is 0 Å². The van der Waals surface area contributed by atoms with Crippen molar-refractivity contribution in [3.8, 4) is 5.75 Å². The van der Waals surface area contributed by atoms with Crippen molar-refractivity contribution in [2.75, 3.05) is 6.61 Å². The van der Waals surface area contributed by atoms with Crippen LogP contribution in [0.2, 0.25) is 0 Å². The zero-order valence-corrected chi connectivity index (χ0v) is 8.87. The molecule has 0 aliphatic heterocycles. The number of carboxylic acid groups (broad SMARTS) is 1. The zero-order chi connectivity index (χ0) is 11.0. The van der Waals surface area contributed by atoms with Crippen LogP contribution in [-0.4, -0.2) is 17.7 Å². The summed E-state index contributed by atoms with van der Waals surface area (Å²) < 4.78 is 17.1. The molecule has 0 heterocycles. The van der Waals surface area contributed by atoms with Gasteiger partial charge in [-0.3, -0.25) is 0 Å². The fraction of sp³-hybridized carbons (Fsp3) is 0.200. The largest absolute Gasteiger partial charge is 1.00 e. The molecule has 5 heteroatoms. The van der Waals surface area contributed by atoms with Crippen molar-refractivity contribution in [1.82, 2.24) is 0 Å². The summed E-state index contributed by atoms with van der Waals surface area (Å²) in [5.74, 6) is -1.09. The topological polar surface area (TPSA) is 46.5 Å². The fourth-order valence-corrected chi connectivity index (χ4v) is 0.676. The maximum absolute atomic E-state index is 12.3. The van der Waals surface area contributed by atoms with Gasteiger partial charge >= 0.3 is 24.8 Å². The van der Waals surface area contributed by atoms with Gasteiger partial charge in [0.1, 0.15) is 11.6 Å². The van der Waals surface area contributed by atoms with Crippen LogP contribution in [0.5, 0.6) is 5.75 Å². The molecule has 0 saturated heterocycles. The van der Waals surface area contributed by atoms with E-state index in [1.54, 1.807) is 6.92 Å². The first-order valence-electron chi connectivity index (χ1n) is 3.99. The number of benzene rings is 1. The maximum atomic E-state index is 12.3. The van der Waals surface area contributed by atoms with Crippen molar-refractivity contribution < 1.29 is 37.9 Å². The van der Waals surface area contributed by atoms with Crippen molar-refractivity contribution in [1.29, 1.82) is 0 Å². The Morgan fingerprint density at radius 3 is 2.27 bits per heavy atom. The van der Waals surface area contributed by atoms with E-state index >= 15 is 0 Å². The van der Waals surface area contributed by atoms with E-state index in [1.165, 1.54) is 24.3 Å². The number of hydrogen-bond donors (Lipinski definition) is 1. The second-order valence-electron chi connectivity index (χ2n) is 2.14. The molecule has 1 aromatic rings. The molecule has 0 atom stereocenters. The van der Waals surface area contributed by atoms with E-state index < -0.39 is 12.6 Å². The fourth-order valence-electron chi connectivity index (χ4n) is 0.676. The number of aliphatic carboxylic acids is 1. The van der Waals surface area contributed by atoms with Crippen molar-refractivity contribution >= 4 is 5.97 Å². The SMILES string of the molecule is O=C(O)COc1ccc(F)cc1.[CH2-]C.[Li+]. The summed E-state index contributed by atoms with van der Waals surface area (Å²) in [5, 5.41) is 8.23.